The normalized spacial score (nSPS) is 20.9. The van der Waals surface area contributed by atoms with Crippen molar-refractivity contribution in [3.05, 3.63) is 0 Å². The molecule has 1 fully saturated rings. The summed E-state index contributed by atoms with van der Waals surface area (Å²) in [6.07, 6.45) is 0.210. The molecule has 1 saturated heterocycles. The first kappa shape index (κ1) is 11.5. The summed E-state index contributed by atoms with van der Waals surface area (Å²) in [5.74, 6) is -1.89. The number of carboxylic acid groups (broad SMARTS) is 1. The molecular formula is C9H14N2O4. The Balaban J connectivity index is 2.56. The van der Waals surface area contributed by atoms with E-state index in [2.05, 4.69) is 10.6 Å². The van der Waals surface area contributed by atoms with Crippen LogP contribution in [-0.2, 0) is 14.4 Å². The van der Waals surface area contributed by atoms with Gasteiger partial charge < -0.3 is 15.7 Å². The third-order valence-corrected chi connectivity index (χ3v) is 2.41. The van der Waals surface area contributed by atoms with E-state index in [0.29, 0.717) is 6.54 Å². The van der Waals surface area contributed by atoms with Crippen molar-refractivity contribution in [1.82, 2.24) is 10.6 Å². The van der Waals surface area contributed by atoms with Gasteiger partial charge in [0.1, 0.15) is 5.41 Å². The van der Waals surface area contributed by atoms with Gasteiger partial charge in [-0.1, -0.05) is 0 Å². The number of amides is 2. The van der Waals surface area contributed by atoms with Gasteiger partial charge in [0.05, 0.1) is 6.04 Å². The molecule has 1 atom stereocenters. The lowest BCUT2D eigenvalue weighted by molar-refractivity contribution is -0.153. The summed E-state index contributed by atoms with van der Waals surface area (Å²) in [6.45, 7) is 3.02. The lowest BCUT2D eigenvalue weighted by Gasteiger charge is -2.20. The fourth-order valence-electron chi connectivity index (χ4n) is 1.17. The van der Waals surface area contributed by atoms with Crippen molar-refractivity contribution in [2.24, 2.45) is 5.41 Å². The summed E-state index contributed by atoms with van der Waals surface area (Å²) in [5.41, 5.74) is -1.47. The lowest BCUT2D eigenvalue weighted by atomic mass is 9.92. The molecule has 0 spiro atoms. The average molecular weight is 214 g/mol. The zero-order chi connectivity index (χ0) is 11.6. The van der Waals surface area contributed by atoms with Crippen LogP contribution in [0, 0.1) is 5.41 Å². The number of hydrogen-bond donors (Lipinski definition) is 3. The maximum Gasteiger partial charge on any atom is 0.318 e. The van der Waals surface area contributed by atoms with Gasteiger partial charge in [-0.15, -0.1) is 0 Å². The van der Waals surface area contributed by atoms with Gasteiger partial charge in [-0.2, -0.15) is 0 Å². The second-order valence-electron chi connectivity index (χ2n) is 4.11. The summed E-state index contributed by atoms with van der Waals surface area (Å²) in [5, 5.41) is 13.9. The first-order valence-electron chi connectivity index (χ1n) is 4.65. The van der Waals surface area contributed by atoms with E-state index in [4.69, 9.17) is 5.11 Å². The fourth-order valence-corrected chi connectivity index (χ4v) is 1.17. The van der Waals surface area contributed by atoms with Crippen molar-refractivity contribution in [2.75, 3.05) is 6.54 Å². The molecule has 0 bridgehead atoms. The highest BCUT2D eigenvalue weighted by Crippen LogP contribution is 2.16. The highest BCUT2D eigenvalue weighted by Gasteiger charge is 2.37. The standard InChI is InChI=1S/C9H14N2O4/c1-9(2,8(14)15)7(13)11-5-3-6(12)10-4-5/h5H,3-4H2,1-2H3,(H,10,12)(H,11,13)(H,14,15). The molecule has 3 N–H and O–H groups in total. The molecule has 0 radical (unpaired) electrons. The minimum atomic E-state index is -1.47. The van der Waals surface area contributed by atoms with Gasteiger partial charge in [-0.05, 0) is 13.8 Å². The molecule has 6 nitrogen and oxygen atoms in total. The molecule has 1 unspecified atom stereocenters. The molecule has 0 aromatic heterocycles. The van der Waals surface area contributed by atoms with E-state index in [9.17, 15) is 14.4 Å². The monoisotopic (exact) mass is 214 g/mol. The molecule has 6 heteroatoms. The first-order valence-corrected chi connectivity index (χ1v) is 4.65. The number of hydrogen-bond acceptors (Lipinski definition) is 3. The zero-order valence-electron chi connectivity index (χ0n) is 8.66. The van der Waals surface area contributed by atoms with E-state index in [-0.39, 0.29) is 18.4 Å². The molecule has 1 aliphatic rings. The number of nitrogens with one attached hydrogen (secondary N) is 2. The molecule has 2 amide bonds. The second kappa shape index (κ2) is 3.88. The number of rotatable bonds is 3. The van der Waals surface area contributed by atoms with Crippen LogP contribution < -0.4 is 10.6 Å². The Bertz CT molecular complexity index is 311. The maximum atomic E-state index is 11.5. The molecule has 1 aliphatic heterocycles. The quantitative estimate of drug-likeness (QED) is 0.531. The lowest BCUT2D eigenvalue weighted by Crippen LogP contribution is -2.47. The zero-order valence-corrected chi connectivity index (χ0v) is 8.66. The van der Waals surface area contributed by atoms with Gasteiger partial charge in [0, 0.05) is 13.0 Å². The highest BCUT2D eigenvalue weighted by molar-refractivity contribution is 6.01. The molecular weight excluding hydrogens is 200 g/mol. The van der Waals surface area contributed by atoms with Crippen molar-refractivity contribution in [1.29, 1.82) is 0 Å². The highest BCUT2D eigenvalue weighted by atomic mass is 16.4. The fraction of sp³-hybridized carbons (Fsp3) is 0.667. The average Bonchev–Trinajstić information content (AvgIpc) is 2.50. The molecule has 0 saturated carbocycles. The van der Waals surface area contributed by atoms with E-state index in [1.165, 1.54) is 13.8 Å². The Morgan fingerprint density at radius 3 is 2.53 bits per heavy atom. The Morgan fingerprint density at radius 1 is 1.53 bits per heavy atom. The third-order valence-electron chi connectivity index (χ3n) is 2.41. The SMILES string of the molecule is CC(C)(C(=O)O)C(=O)NC1CNC(=O)C1. The van der Waals surface area contributed by atoms with Gasteiger partial charge in [0.25, 0.3) is 0 Å². The first-order chi connectivity index (χ1) is 6.84. The van der Waals surface area contributed by atoms with Crippen LogP contribution in [0.5, 0.6) is 0 Å². The van der Waals surface area contributed by atoms with E-state index in [0.717, 1.165) is 0 Å². The van der Waals surface area contributed by atoms with Gasteiger partial charge in [0.2, 0.25) is 11.8 Å². The van der Waals surface area contributed by atoms with Gasteiger partial charge in [-0.3, -0.25) is 14.4 Å². The molecule has 1 rings (SSSR count). The molecule has 0 aromatic carbocycles. The predicted molar refractivity (Wildman–Crippen MR) is 51.0 cm³/mol. The number of aliphatic carboxylic acids is 1. The van der Waals surface area contributed by atoms with Crippen molar-refractivity contribution in [3.8, 4) is 0 Å². The van der Waals surface area contributed by atoms with Crippen LogP contribution in [0.15, 0.2) is 0 Å². The van der Waals surface area contributed by atoms with E-state index >= 15 is 0 Å². The smallest absolute Gasteiger partial charge is 0.318 e. The van der Waals surface area contributed by atoms with Crippen LogP contribution in [0.1, 0.15) is 20.3 Å². The van der Waals surface area contributed by atoms with Gasteiger partial charge >= 0.3 is 5.97 Å². The topological polar surface area (TPSA) is 95.5 Å². The second-order valence-corrected chi connectivity index (χ2v) is 4.11. The minimum Gasteiger partial charge on any atom is -0.480 e. The van der Waals surface area contributed by atoms with Crippen molar-refractivity contribution in [2.45, 2.75) is 26.3 Å². The minimum absolute atomic E-state index is 0.131. The van der Waals surface area contributed by atoms with Gasteiger partial charge in [0.15, 0.2) is 0 Å². The van der Waals surface area contributed by atoms with Crippen molar-refractivity contribution >= 4 is 17.8 Å². The number of carbonyl (C=O) groups is 3. The van der Waals surface area contributed by atoms with Crippen LogP contribution in [0.2, 0.25) is 0 Å². The largest absolute Gasteiger partial charge is 0.480 e. The number of carboxylic acids is 1. The summed E-state index contributed by atoms with van der Waals surface area (Å²) in [6, 6.07) is -0.302. The van der Waals surface area contributed by atoms with Crippen LogP contribution >= 0.6 is 0 Å². The van der Waals surface area contributed by atoms with Crippen molar-refractivity contribution in [3.63, 3.8) is 0 Å². The van der Waals surface area contributed by atoms with Crippen LogP contribution in [-0.4, -0.2) is 35.5 Å². The van der Waals surface area contributed by atoms with Crippen LogP contribution in [0.25, 0.3) is 0 Å². The Labute approximate surface area is 87.0 Å². The number of carbonyl (C=O) groups excluding carboxylic acids is 2. The summed E-state index contributed by atoms with van der Waals surface area (Å²) < 4.78 is 0. The third kappa shape index (κ3) is 2.45. The molecule has 0 aliphatic carbocycles. The summed E-state index contributed by atoms with van der Waals surface area (Å²) in [4.78, 5) is 33.1. The summed E-state index contributed by atoms with van der Waals surface area (Å²) >= 11 is 0. The molecule has 84 valence electrons. The van der Waals surface area contributed by atoms with Crippen LogP contribution in [0.4, 0.5) is 0 Å². The van der Waals surface area contributed by atoms with E-state index in [1.807, 2.05) is 0 Å². The van der Waals surface area contributed by atoms with Crippen LogP contribution in [0.3, 0.4) is 0 Å². The van der Waals surface area contributed by atoms with Gasteiger partial charge in [-0.25, -0.2) is 0 Å². The summed E-state index contributed by atoms with van der Waals surface area (Å²) in [7, 11) is 0. The Kier molecular flexibility index (Phi) is 2.97. The van der Waals surface area contributed by atoms with E-state index < -0.39 is 17.3 Å². The predicted octanol–water partition coefficient (Wildman–Crippen LogP) is -0.898. The molecule has 0 aromatic rings. The Morgan fingerprint density at radius 2 is 2.13 bits per heavy atom. The van der Waals surface area contributed by atoms with Crippen molar-refractivity contribution < 1.29 is 19.5 Å². The maximum absolute atomic E-state index is 11.5. The van der Waals surface area contributed by atoms with E-state index in [1.54, 1.807) is 0 Å². The molecule has 15 heavy (non-hydrogen) atoms. The molecule has 1 heterocycles. The Hall–Kier alpha value is -1.59.